The van der Waals surface area contributed by atoms with Crippen LogP contribution in [0.3, 0.4) is 0 Å². The minimum Gasteiger partial charge on any atom is -0.436 e. The minimum absolute atomic E-state index is 0.0924. The van der Waals surface area contributed by atoms with E-state index in [2.05, 4.69) is 79.4 Å². The van der Waals surface area contributed by atoms with Crippen molar-refractivity contribution >= 4 is 31.6 Å². The van der Waals surface area contributed by atoms with Crippen LogP contribution in [0.15, 0.2) is 127 Å². The third kappa shape index (κ3) is 13.1. The lowest BCUT2D eigenvalue weighted by atomic mass is 9.84. The number of nitrogens with one attached hydrogen (secondary N) is 2. The maximum atomic E-state index is 12.4. The molecule has 0 saturated carbocycles. The summed E-state index contributed by atoms with van der Waals surface area (Å²) in [5, 5.41) is 7.81. The Labute approximate surface area is 327 Å². The van der Waals surface area contributed by atoms with Crippen molar-refractivity contribution in [2.75, 3.05) is 13.2 Å². The molecule has 0 bridgehead atoms. The summed E-state index contributed by atoms with van der Waals surface area (Å²) in [4.78, 5) is 24.8. The number of rotatable bonds is 11. The molecule has 0 fully saturated rings. The molecule has 1 unspecified atom stereocenters. The summed E-state index contributed by atoms with van der Waals surface area (Å²) in [5.74, 6) is 12.3. The normalized spacial score (nSPS) is 11.3. The Morgan fingerprint density at radius 1 is 0.618 bits per heavy atom. The first-order valence-electron chi connectivity index (χ1n) is 18.2. The number of carbonyl (C=O) groups is 2. The lowest BCUT2D eigenvalue weighted by Gasteiger charge is -2.34. The molecule has 0 heterocycles. The minimum atomic E-state index is -1.67. The van der Waals surface area contributed by atoms with Crippen molar-refractivity contribution in [3.05, 3.63) is 166 Å². The second kappa shape index (κ2) is 19.9. The predicted octanol–water partition coefficient (Wildman–Crippen LogP) is 7.77. The molecule has 2 N–H and O–H groups in total. The van der Waals surface area contributed by atoms with E-state index in [0.29, 0.717) is 24.2 Å². The van der Waals surface area contributed by atoms with Crippen LogP contribution in [0.1, 0.15) is 65.8 Å². The summed E-state index contributed by atoms with van der Waals surface area (Å²) in [6.45, 7) is 11.0. The molecule has 5 aromatic rings. The van der Waals surface area contributed by atoms with E-state index in [1.807, 2.05) is 117 Å². The molecule has 1 atom stereocenters. The fraction of sp³-hybridized carbons (Fsp3) is 0.234. The predicted molar refractivity (Wildman–Crippen MR) is 220 cm³/mol. The van der Waals surface area contributed by atoms with Gasteiger partial charge in [-0.25, -0.2) is 9.59 Å². The summed E-state index contributed by atoms with van der Waals surface area (Å²) in [7, 11) is -1.67. The summed E-state index contributed by atoms with van der Waals surface area (Å²) >= 11 is 0. The van der Waals surface area contributed by atoms with Gasteiger partial charge in [-0.1, -0.05) is 165 Å². The molecule has 7 nitrogen and oxygen atoms in total. The summed E-state index contributed by atoms with van der Waals surface area (Å²) in [6.07, 6.45) is -1.43. The van der Waals surface area contributed by atoms with E-state index in [1.54, 1.807) is 0 Å². The molecule has 0 aliphatic heterocycles. The first kappa shape index (κ1) is 40.1. The van der Waals surface area contributed by atoms with Crippen molar-refractivity contribution in [3.63, 3.8) is 0 Å². The third-order valence-corrected chi connectivity index (χ3v) is 10.7. The number of hydrogen-bond donors (Lipinski definition) is 2. The molecule has 5 aromatic carbocycles. The van der Waals surface area contributed by atoms with E-state index in [0.717, 1.165) is 38.2 Å². The lowest BCUT2D eigenvalue weighted by Crippen LogP contribution is -2.47. The highest BCUT2D eigenvalue weighted by atomic mass is 28.3. The highest BCUT2D eigenvalue weighted by Crippen LogP contribution is 2.37. The molecule has 2 amide bonds. The van der Waals surface area contributed by atoms with Gasteiger partial charge in [0.25, 0.3) is 9.04 Å². The van der Waals surface area contributed by atoms with Gasteiger partial charge in [0.1, 0.15) is 0 Å². The molecule has 5 rings (SSSR count). The van der Waals surface area contributed by atoms with Crippen LogP contribution in [-0.4, -0.2) is 34.4 Å². The van der Waals surface area contributed by atoms with Gasteiger partial charge in [-0.3, -0.25) is 0 Å². The Bertz CT molecular complexity index is 2000. The molecular weight excluding hydrogens is 701 g/mol. The van der Waals surface area contributed by atoms with Gasteiger partial charge in [-0.15, -0.1) is 0 Å². The zero-order chi connectivity index (χ0) is 39.0. The Kier molecular flexibility index (Phi) is 14.5. The van der Waals surface area contributed by atoms with E-state index in [9.17, 15) is 9.59 Å². The molecule has 0 aliphatic rings. The van der Waals surface area contributed by atoms with Gasteiger partial charge < -0.3 is 24.5 Å². The first-order valence-corrected chi connectivity index (χ1v) is 19.6. The number of hydrogen-bond acceptors (Lipinski definition) is 5. The van der Waals surface area contributed by atoms with Crippen molar-refractivity contribution in [2.24, 2.45) is 5.41 Å². The Balaban J connectivity index is 1.35. The fourth-order valence-electron chi connectivity index (χ4n) is 5.63. The van der Waals surface area contributed by atoms with Gasteiger partial charge in [0.2, 0.25) is 0 Å². The van der Waals surface area contributed by atoms with Gasteiger partial charge >= 0.3 is 12.2 Å². The maximum Gasteiger partial charge on any atom is 0.408 e. The second-order valence-corrected chi connectivity index (χ2v) is 16.3. The molecule has 8 heteroatoms. The number of alkyl carbamates (subject to hydrolysis) is 2. The van der Waals surface area contributed by atoms with E-state index < -0.39 is 21.2 Å². The van der Waals surface area contributed by atoms with Crippen molar-refractivity contribution in [2.45, 2.75) is 53.8 Å². The molecule has 0 saturated heterocycles. The highest BCUT2D eigenvalue weighted by molar-refractivity contribution is 6.80. The SMILES string of the molecule is Cc1ccc(CNC(=O)OCC#Cc2cc(C#CCOC(=O)NCc3ccc(C)cc3)cc(C(O[Si](c3ccccc3)c3ccccc3)C(C)(C)C)c2)cc1. The Hall–Kier alpha value is -6.06. The Morgan fingerprint density at radius 2 is 1.04 bits per heavy atom. The van der Waals surface area contributed by atoms with Crippen molar-refractivity contribution in [3.8, 4) is 23.7 Å². The average molecular weight is 748 g/mol. The van der Waals surface area contributed by atoms with Gasteiger partial charge in [0.05, 0.1) is 6.10 Å². The summed E-state index contributed by atoms with van der Waals surface area (Å²) in [5.41, 5.74) is 6.23. The number of carbonyl (C=O) groups excluding carboxylic acids is 2. The van der Waals surface area contributed by atoms with Crippen LogP contribution in [-0.2, 0) is 27.0 Å². The third-order valence-electron chi connectivity index (χ3n) is 8.48. The second-order valence-electron chi connectivity index (χ2n) is 14.2. The number of benzene rings is 5. The van der Waals surface area contributed by atoms with E-state index in [1.165, 1.54) is 0 Å². The van der Waals surface area contributed by atoms with Crippen molar-refractivity contribution in [1.82, 2.24) is 10.6 Å². The molecule has 1 radical (unpaired) electrons. The first-order chi connectivity index (χ1) is 26.5. The topological polar surface area (TPSA) is 85.9 Å². The van der Waals surface area contributed by atoms with E-state index >= 15 is 0 Å². The molecule has 0 aromatic heterocycles. The van der Waals surface area contributed by atoms with Crippen LogP contribution >= 0.6 is 0 Å². The zero-order valence-electron chi connectivity index (χ0n) is 32.1. The van der Waals surface area contributed by atoms with Crippen LogP contribution in [0, 0.1) is 42.9 Å². The molecular formula is C47H47N2O5Si. The molecule has 0 spiro atoms. The van der Waals surface area contributed by atoms with Crippen LogP contribution in [0.25, 0.3) is 0 Å². The van der Waals surface area contributed by atoms with Gasteiger partial charge in [0, 0.05) is 24.2 Å². The van der Waals surface area contributed by atoms with E-state index in [4.69, 9.17) is 13.9 Å². The maximum absolute atomic E-state index is 12.4. The summed E-state index contributed by atoms with van der Waals surface area (Å²) in [6, 6.07) is 42.4. The quantitative estimate of drug-likeness (QED) is 0.107. The van der Waals surface area contributed by atoms with Crippen molar-refractivity contribution < 1.29 is 23.5 Å². The Morgan fingerprint density at radius 3 is 1.44 bits per heavy atom. The average Bonchev–Trinajstić information content (AvgIpc) is 3.18. The lowest BCUT2D eigenvalue weighted by molar-refractivity contribution is 0.0897. The van der Waals surface area contributed by atoms with Crippen LogP contribution < -0.4 is 21.0 Å². The number of amides is 2. The monoisotopic (exact) mass is 747 g/mol. The molecule has 279 valence electrons. The van der Waals surface area contributed by atoms with Crippen LogP contribution in [0.5, 0.6) is 0 Å². The highest BCUT2D eigenvalue weighted by Gasteiger charge is 2.33. The standard InChI is InChI=1S/C47H47N2O5Si/c1-35-20-24-37(25-21-35)33-48-45(50)52-28-12-14-39-30-40(15-13-29-53-46(51)49-34-38-26-22-36(2)23-27-38)32-41(31-39)44(47(3,4)5)54-55(42-16-8-6-9-17-42)43-18-10-7-11-19-43/h6-11,16-27,30-32,44H,28-29,33-34H2,1-5H3,(H,48,50)(H,49,51). The zero-order valence-corrected chi connectivity index (χ0v) is 33.1. The fourth-order valence-corrected chi connectivity index (χ4v) is 7.96. The van der Waals surface area contributed by atoms with Crippen molar-refractivity contribution in [1.29, 1.82) is 0 Å². The van der Waals surface area contributed by atoms with Gasteiger partial charge in [-0.2, -0.15) is 0 Å². The van der Waals surface area contributed by atoms with Gasteiger partial charge in [0.15, 0.2) is 13.2 Å². The smallest absolute Gasteiger partial charge is 0.408 e. The largest absolute Gasteiger partial charge is 0.436 e. The van der Waals surface area contributed by atoms with E-state index in [-0.39, 0.29) is 24.7 Å². The molecule has 55 heavy (non-hydrogen) atoms. The number of aryl methyl sites for hydroxylation is 2. The molecule has 0 aliphatic carbocycles. The summed E-state index contributed by atoms with van der Waals surface area (Å²) < 4.78 is 17.9. The number of ether oxygens (including phenoxy) is 2. The van der Waals surface area contributed by atoms with Gasteiger partial charge in [-0.05, 0) is 64.5 Å². The van der Waals surface area contributed by atoms with Crippen LogP contribution in [0.4, 0.5) is 9.59 Å². The van der Waals surface area contributed by atoms with Crippen LogP contribution in [0.2, 0.25) is 0 Å².